The van der Waals surface area contributed by atoms with Crippen LogP contribution in [0.1, 0.15) is 36.9 Å². The van der Waals surface area contributed by atoms with Crippen molar-refractivity contribution in [1.29, 1.82) is 0 Å². The molecule has 1 amide bonds. The van der Waals surface area contributed by atoms with Crippen molar-refractivity contribution >= 4 is 16.8 Å². The minimum atomic E-state index is -0.481. The number of ether oxygens (including phenoxy) is 1. The molecule has 0 fully saturated rings. The SMILES string of the molecule is COc1ccc2cc(CN(C(=O)c3ccco3)C(C)(C)C)c(=O)[nH]c2c1. The Kier molecular flexibility index (Phi) is 4.59. The lowest BCUT2D eigenvalue weighted by molar-refractivity contribution is 0.0525. The number of pyridine rings is 1. The summed E-state index contributed by atoms with van der Waals surface area (Å²) in [7, 11) is 1.58. The molecule has 0 aliphatic carbocycles. The Morgan fingerprint density at radius 1 is 1.23 bits per heavy atom. The molecule has 3 rings (SSSR count). The average Bonchev–Trinajstić information content (AvgIpc) is 3.12. The zero-order chi connectivity index (χ0) is 18.9. The smallest absolute Gasteiger partial charge is 0.290 e. The molecule has 0 aliphatic rings. The molecule has 1 aromatic carbocycles. The molecule has 0 saturated carbocycles. The van der Waals surface area contributed by atoms with Gasteiger partial charge in [0.15, 0.2) is 5.76 Å². The quantitative estimate of drug-likeness (QED) is 0.777. The van der Waals surface area contributed by atoms with Crippen molar-refractivity contribution in [3.05, 3.63) is 64.3 Å². The Hall–Kier alpha value is -3.02. The lowest BCUT2D eigenvalue weighted by Gasteiger charge is -2.35. The molecule has 6 nitrogen and oxygen atoms in total. The first-order valence-corrected chi connectivity index (χ1v) is 8.35. The van der Waals surface area contributed by atoms with E-state index in [9.17, 15) is 9.59 Å². The van der Waals surface area contributed by atoms with Crippen LogP contribution >= 0.6 is 0 Å². The fourth-order valence-electron chi connectivity index (χ4n) is 2.79. The number of carbonyl (C=O) groups excluding carboxylic acids is 1. The minimum absolute atomic E-state index is 0.181. The minimum Gasteiger partial charge on any atom is -0.497 e. The van der Waals surface area contributed by atoms with Crippen LogP contribution in [0, 0.1) is 0 Å². The standard InChI is InChI=1S/C20H22N2O4/c1-20(2,3)22(19(24)17-6-5-9-26-17)12-14-10-13-7-8-15(25-4)11-16(13)21-18(14)23/h5-11H,12H2,1-4H3,(H,21,23). The Labute approximate surface area is 151 Å². The predicted molar refractivity (Wildman–Crippen MR) is 99.5 cm³/mol. The second-order valence-electron chi connectivity index (χ2n) is 7.12. The van der Waals surface area contributed by atoms with Crippen molar-refractivity contribution in [2.45, 2.75) is 32.9 Å². The molecule has 0 bridgehead atoms. The van der Waals surface area contributed by atoms with Gasteiger partial charge in [-0.1, -0.05) is 0 Å². The van der Waals surface area contributed by atoms with Crippen molar-refractivity contribution in [2.24, 2.45) is 0 Å². The molecule has 136 valence electrons. The molecule has 1 N–H and O–H groups in total. The van der Waals surface area contributed by atoms with E-state index in [1.807, 2.05) is 39.0 Å². The van der Waals surface area contributed by atoms with Gasteiger partial charge in [0.2, 0.25) is 0 Å². The number of H-pyrrole nitrogens is 1. The third kappa shape index (κ3) is 3.49. The number of aromatic nitrogens is 1. The summed E-state index contributed by atoms with van der Waals surface area (Å²) < 4.78 is 10.4. The van der Waals surface area contributed by atoms with Gasteiger partial charge in [-0.3, -0.25) is 9.59 Å². The lowest BCUT2D eigenvalue weighted by atomic mass is 10.0. The third-order valence-electron chi connectivity index (χ3n) is 4.25. The van der Waals surface area contributed by atoms with Crippen molar-refractivity contribution in [3.63, 3.8) is 0 Å². The van der Waals surface area contributed by atoms with Crippen LogP contribution in [0.2, 0.25) is 0 Å². The van der Waals surface area contributed by atoms with E-state index < -0.39 is 5.54 Å². The number of hydrogen-bond donors (Lipinski definition) is 1. The van der Waals surface area contributed by atoms with Crippen molar-refractivity contribution < 1.29 is 13.9 Å². The molecule has 2 aromatic heterocycles. The second-order valence-corrected chi connectivity index (χ2v) is 7.12. The summed E-state index contributed by atoms with van der Waals surface area (Å²) in [4.78, 5) is 29.9. The van der Waals surface area contributed by atoms with Gasteiger partial charge in [0, 0.05) is 17.2 Å². The van der Waals surface area contributed by atoms with Crippen LogP contribution in [0.3, 0.4) is 0 Å². The van der Waals surface area contributed by atoms with Crippen LogP contribution in [-0.4, -0.2) is 28.4 Å². The van der Waals surface area contributed by atoms with Crippen molar-refractivity contribution in [3.8, 4) is 5.75 Å². The van der Waals surface area contributed by atoms with E-state index in [1.165, 1.54) is 6.26 Å². The average molecular weight is 354 g/mol. The van der Waals surface area contributed by atoms with E-state index in [2.05, 4.69) is 4.98 Å². The van der Waals surface area contributed by atoms with Crippen molar-refractivity contribution in [2.75, 3.05) is 7.11 Å². The number of methoxy groups -OCH3 is 1. The maximum atomic E-state index is 12.8. The van der Waals surface area contributed by atoms with Gasteiger partial charge in [-0.2, -0.15) is 0 Å². The molecule has 2 heterocycles. The summed E-state index contributed by atoms with van der Waals surface area (Å²) in [5.74, 6) is 0.670. The maximum absolute atomic E-state index is 12.8. The fraction of sp³-hybridized carbons (Fsp3) is 0.300. The number of amides is 1. The predicted octanol–water partition coefficient (Wildman–Crippen LogP) is 3.57. The number of hydrogen-bond acceptors (Lipinski definition) is 4. The van der Waals surface area contributed by atoms with Crippen LogP contribution in [0.5, 0.6) is 5.75 Å². The van der Waals surface area contributed by atoms with Gasteiger partial charge in [-0.25, -0.2) is 0 Å². The van der Waals surface area contributed by atoms with Crippen LogP contribution in [-0.2, 0) is 6.54 Å². The molecule has 0 spiro atoms. The first-order chi connectivity index (χ1) is 12.3. The number of nitrogens with zero attached hydrogens (tertiary/aromatic N) is 1. The van der Waals surface area contributed by atoms with Gasteiger partial charge in [-0.05, 0) is 56.5 Å². The Morgan fingerprint density at radius 3 is 2.62 bits per heavy atom. The summed E-state index contributed by atoms with van der Waals surface area (Å²) in [5, 5.41) is 0.875. The number of aromatic amines is 1. The number of benzene rings is 1. The Morgan fingerprint density at radius 2 is 2.00 bits per heavy atom. The first-order valence-electron chi connectivity index (χ1n) is 8.35. The molecule has 26 heavy (non-hydrogen) atoms. The van der Waals surface area contributed by atoms with E-state index in [0.29, 0.717) is 16.8 Å². The van der Waals surface area contributed by atoms with Crippen LogP contribution in [0.15, 0.2) is 51.9 Å². The first kappa shape index (κ1) is 17.8. The number of fused-ring (bicyclic) bond motifs is 1. The number of furan rings is 1. The number of carbonyl (C=O) groups is 1. The van der Waals surface area contributed by atoms with E-state index in [-0.39, 0.29) is 23.8 Å². The highest BCUT2D eigenvalue weighted by Crippen LogP contribution is 2.22. The van der Waals surface area contributed by atoms with Crippen LogP contribution in [0.25, 0.3) is 10.9 Å². The summed E-state index contributed by atoms with van der Waals surface area (Å²) in [6.45, 7) is 5.95. The van der Waals surface area contributed by atoms with E-state index in [4.69, 9.17) is 9.15 Å². The molecule has 0 radical (unpaired) electrons. The van der Waals surface area contributed by atoms with Gasteiger partial charge in [0.25, 0.3) is 11.5 Å². The summed E-state index contributed by atoms with van der Waals surface area (Å²) in [6.07, 6.45) is 1.46. The van der Waals surface area contributed by atoms with Gasteiger partial charge in [-0.15, -0.1) is 0 Å². The molecule has 3 aromatic rings. The van der Waals surface area contributed by atoms with Crippen LogP contribution in [0.4, 0.5) is 0 Å². The molecular weight excluding hydrogens is 332 g/mol. The van der Waals surface area contributed by atoms with E-state index in [0.717, 1.165) is 5.39 Å². The molecule has 0 saturated heterocycles. The molecule has 0 aliphatic heterocycles. The second kappa shape index (κ2) is 6.71. The van der Waals surface area contributed by atoms with E-state index >= 15 is 0 Å². The van der Waals surface area contributed by atoms with Crippen molar-refractivity contribution in [1.82, 2.24) is 9.88 Å². The molecule has 0 unspecified atom stereocenters. The monoisotopic (exact) mass is 354 g/mol. The van der Waals surface area contributed by atoms with Crippen LogP contribution < -0.4 is 10.3 Å². The number of nitrogens with one attached hydrogen (secondary N) is 1. The summed E-state index contributed by atoms with van der Waals surface area (Å²) in [6, 6.07) is 10.6. The fourth-order valence-corrected chi connectivity index (χ4v) is 2.79. The highest BCUT2D eigenvalue weighted by atomic mass is 16.5. The van der Waals surface area contributed by atoms with Gasteiger partial charge >= 0.3 is 0 Å². The Balaban J connectivity index is 2.00. The Bertz CT molecular complexity index is 981. The molecular formula is C20H22N2O4. The maximum Gasteiger partial charge on any atom is 0.290 e. The largest absolute Gasteiger partial charge is 0.497 e. The zero-order valence-corrected chi connectivity index (χ0v) is 15.3. The third-order valence-corrected chi connectivity index (χ3v) is 4.25. The number of rotatable bonds is 4. The lowest BCUT2D eigenvalue weighted by Crippen LogP contribution is -2.45. The van der Waals surface area contributed by atoms with Gasteiger partial charge < -0.3 is 19.0 Å². The highest BCUT2D eigenvalue weighted by molar-refractivity contribution is 5.92. The van der Waals surface area contributed by atoms with Gasteiger partial charge in [0.1, 0.15) is 5.75 Å². The van der Waals surface area contributed by atoms with Gasteiger partial charge in [0.05, 0.1) is 25.4 Å². The topological polar surface area (TPSA) is 75.5 Å². The molecule has 6 heteroatoms. The highest BCUT2D eigenvalue weighted by Gasteiger charge is 2.29. The summed E-state index contributed by atoms with van der Waals surface area (Å²) in [5.41, 5.74) is 0.494. The summed E-state index contributed by atoms with van der Waals surface area (Å²) >= 11 is 0. The molecule has 0 atom stereocenters. The zero-order valence-electron chi connectivity index (χ0n) is 15.3. The normalized spacial score (nSPS) is 11.5. The van der Waals surface area contributed by atoms with E-state index in [1.54, 1.807) is 30.2 Å².